The predicted octanol–water partition coefficient (Wildman–Crippen LogP) is 3.62. The molecule has 0 aromatic heterocycles. The number of rotatable bonds is 1. The molecule has 1 spiro atoms. The van der Waals surface area contributed by atoms with Crippen LogP contribution in [0.5, 0.6) is 0 Å². The minimum Gasteiger partial charge on any atom is -0.444 e. The third-order valence-electron chi connectivity index (χ3n) is 4.42. The molecule has 0 aliphatic carbocycles. The highest BCUT2D eigenvalue weighted by molar-refractivity contribution is 5.68. The van der Waals surface area contributed by atoms with E-state index in [1.807, 2.05) is 37.8 Å². The Morgan fingerprint density at radius 1 is 1.36 bits per heavy atom. The topological polar surface area (TPSA) is 41.6 Å². The Morgan fingerprint density at radius 2 is 2.00 bits per heavy atom. The molecule has 122 valence electrons. The average molecular weight is 304 g/mol. The maximum absolute atomic E-state index is 12.2. The molecule has 22 heavy (non-hydrogen) atoms. The zero-order chi connectivity index (χ0) is 16.4. The molecule has 2 aliphatic heterocycles. The molecule has 1 N–H and O–H groups in total. The molecule has 4 heteroatoms. The fraction of sp³-hybridized carbons (Fsp3) is 0.611. The number of likely N-dealkylation sites (tertiary alicyclic amines) is 1. The van der Waals surface area contributed by atoms with Crippen molar-refractivity contribution in [1.29, 1.82) is 0 Å². The lowest BCUT2D eigenvalue weighted by Crippen LogP contribution is -2.46. The maximum Gasteiger partial charge on any atom is 0.410 e. The number of carbonyl (C=O) groups is 1. The third-order valence-corrected chi connectivity index (χ3v) is 4.42. The average Bonchev–Trinajstić information content (AvgIpc) is 2.76. The molecule has 0 saturated carbocycles. The van der Waals surface area contributed by atoms with Gasteiger partial charge in [0.15, 0.2) is 0 Å². The Bertz CT molecular complexity index is 504. The summed E-state index contributed by atoms with van der Waals surface area (Å²) in [5, 5.41) is 3.49. The Kier molecular flexibility index (Phi) is 4.69. The molecular weight excluding hydrogens is 276 g/mol. The second-order valence-corrected chi connectivity index (χ2v) is 7.12. The first-order chi connectivity index (χ1) is 10.3. The van der Waals surface area contributed by atoms with Gasteiger partial charge in [-0.05, 0) is 52.2 Å². The number of ether oxygens (including phenoxy) is 1. The molecule has 1 amide bonds. The second kappa shape index (κ2) is 6.19. The molecule has 0 aromatic rings. The van der Waals surface area contributed by atoms with Gasteiger partial charge < -0.3 is 15.0 Å². The van der Waals surface area contributed by atoms with Crippen LogP contribution in [0.15, 0.2) is 36.1 Å². The summed E-state index contributed by atoms with van der Waals surface area (Å²) in [7, 11) is 0. The van der Waals surface area contributed by atoms with Crippen LogP contribution in [0.25, 0.3) is 0 Å². The fourth-order valence-corrected chi connectivity index (χ4v) is 3.36. The summed E-state index contributed by atoms with van der Waals surface area (Å²) in [6.45, 7) is 14.0. The normalized spacial score (nSPS) is 24.6. The molecule has 4 nitrogen and oxygen atoms in total. The van der Waals surface area contributed by atoms with Gasteiger partial charge in [0.25, 0.3) is 0 Å². The van der Waals surface area contributed by atoms with Crippen molar-refractivity contribution in [3.05, 3.63) is 36.1 Å². The van der Waals surface area contributed by atoms with Crippen LogP contribution in [0.3, 0.4) is 0 Å². The summed E-state index contributed by atoms with van der Waals surface area (Å²) in [6, 6.07) is 0. The number of nitrogens with one attached hydrogen (secondary N) is 1. The highest BCUT2D eigenvalue weighted by atomic mass is 16.6. The first-order valence-electron chi connectivity index (χ1n) is 8.03. The minimum absolute atomic E-state index is 0.141. The number of allylic oxidation sites excluding steroid dienone is 4. The van der Waals surface area contributed by atoms with Gasteiger partial charge in [-0.25, -0.2) is 4.79 Å². The molecule has 2 fully saturated rings. The van der Waals surface area contributed by atoms with E-state index in [1.54, 1.807) is 0 Å². The van der Waals surface area contributed by atoms with Gasteiger partial charge >= 0.3 is 6.09 Å². The molecule has 2 saturated heterocycles. The van der Waals surface area contributed by atoms with E-state index in [9.17, 15) is 4.79 Å². The predicted molar refractivity (Wildman–Crippen MR) is 89.5 cm³/mol. The third kappa shape index (κ3) is 3.37. The summed E-state index contributed by atoms with van der Waals surface area (Å²) in [4.78, 5) is 14.0. The van der Waals surface area contributed by atoms with Crippen molar-refractivity contribution in [3.63, 3.8) is 0 Å². The van der Waals surface area contributed by atoms with E-state index in [0.717, 1.165) is 32.5 Å². The Balaban J connectivity index is 2.04. The molecule has 2 rings (SSSR count). The van der Waals surface area contributed by atoms with Crippen LogP contribution < -0.4 is 5.32 Å². The van der Waals surface area contributed by atoms with Crippen molar-refractivity contribution in [2.45, 2.75) is 46.1 Å². The molecule has 0 aromatic carbocycles. The number of nitrogens with zero attached hydrogens (tertiary/aromatic N) is 1. The zero-order valence-electron chi connectivity index (χ0n) is 14.2. The SMILES string of the molecule is C=C/C=C1/NCC2(CCN(C(=O)OC(C)(C)C)CC2)/C1=C/C. The van der Waals surface area contributed by atoms with Gasteiger partial charge in [0, 0.05) is 30.7 Å². The molecule has 2 heterocycles. The van der Waals surface area contributed by atoms with Gasteiger partial charge in [-0.3, -0.25) is 0 Å². The quantitative estimate of drug-likeness (QED) is 0.804. The van der Waals surface area contributed by atoms with Crippen molar-refractivity contribution < 1.29 is 9.53 Å². The van der Waals surface area contributed by atoms with Crippen LogP contribution in [0.2, 0.25) is 0 Å². The van der Waals surface area contributed by atoms with E-state index < -0.39 is 5.60 Å². The summed E-state index contributed by atoms with van der Waals surface area (Å²) in [6.07, 6.45) is 7.78. The van der Waals surface area contributed by atoms with Gasteiger partial charge in [0.05, 0.1) is 0 Å². The van der Waals surface area contributed by atoms with Crippen molar-refractivity contribution in [2.24, 2.45) is 5.41 Å². The minimum atomic E-state index is -0.435. The Hall–Kier alpha value is -1.71. The van der Waals surface area contributed by atoms with Crippen LogP contribution in [-0.2, 0) is 4.74 Å². The van der Waals surface area contributed by atoms with Crippen molar-refractivity contribution in [2.75, 3.05) is 19.6 Å². The van der Waals surface area contributed by atoms with Gasteiger partial charge in [0.2, 0.25) is 0 Å². The lowest BCUT2D eigenvalue weighted by atomic mass is 9.73. The van der Waals surface area contributed by atoms with Gasteiger partial charge in [-0.2, -0.15) is 0 Å². The largest absolute Gasteiger partial charge is 0.444 e. The van der Waals surface area contributed by atoms with E-state index in [4.69, 9.17) is 4.74 Å². The van der Waals surface area contributed by atoms with E-state index in [0.29, 0.717) is 0 Å². The number of hydrogen-bond donors (Lipinski definition) is 1. The number of amides is 1. The van der Waals surface area contributed by atoms with Crippen LogP contribution >= 0.6 is 0 Å². The molecule has 0 radical (unpaired) electrons. The van der Waals surface area contributed by atoms with Crippen molar-refractivity contribution >= 4 is 6.09 Å². The number of carbonyl (C=O) groups excluding carboxylic acids is 1. The smallest absolute Gasteiger partial charge is 0.410 e. The highest BCUT2D eigenvalue weighted by Gasteiger charge is 2.44. The Morgan fingerprint density at radius 3 is 2.50 bits per heavy atom. The van der Waals surface area contributed by atoms with Crippen LogP contribution in [0.1, 0.15) is 40.5 Å². The summed E-state index contributed by atoms with van der Waals surface area (Å²) < 4.78 is 5.47. The van der Waals surface area contributed by atoms with Crippen molar-refractivity contribution in [3.8, 4) is 0 Å². The molecule has 0 atom stereocenters. The summed E-state index contributed by atoms with van der Waals surface area (Å²) in [5.41, 5.74) is 2.23. The van der Waals surface area contributed by atoms with E-state index in [1.165, 1.54) is 11.3 Å². The van der Waals surface area contributed by atoms with Crippen LogP contribution in [0.4, 0.5) is 4.79 Å². The van der Waals surface area contributed by atoms with Crippen LogP contribution in [-0.4, -0.2) is 36.2 Å². The van der Waals surface area contributed by atoms with Crippen molar-refractivity contribution in [1.82, 2.24) is 10.2 Å². The second-order valence-electron chi connectivity index (χ2n) is 7.12. The number of piperidine rings is 1. The molecule has 0 bridgehead atoms. The first-order valence-corrected chi connectivity index (χ1v) is 8.03. The molecule has 0 unspecified atom stereocenters. The lowest BCUT2D eigenvalue weighted by molar-refractivity contribution is 0.0147. The number of hydrogen-bond acceptors (Lipinski definition) is 3. The summed E-state index contributed by atoms with van der Waals surface area (Å²) >= 11 is 0. The van der Waals surface area contributed by atoms with E-state index in [-0.39, 0.29) is 11.5 Å². The van der Waals surface area contributed by atoms with Gasteiger partial charge in [-0.1, -0.05) is 18.7 Å². The molecule has 2 aliphatic rings. The highest BCUT2D eigenvalue weighted by Crippen LogP contribution is 2.45. The van der Waals surface area contributed by atoms with Crippen LogP contribution in [0, 0.1) is 5.41 Å². The maximum atomic E-state index is 12.2. The van der Waals surface area contributed by atoms with E-state index in [2.05, 4.69) is 24.9 Å². The van der Waals surface area contributed by atoms with E-state index >= 15 is 0 Å². The van der Waals surface area contributed by atoms with Gasteiger partial charge in [-0.15, -0.1) is 0 Å². The Labute approximate surface area is 133 Å². The standard InChI is InChI=1S/C18H28N2O2/c1-6-8-15-14(7-2)18(13-19-15)9-11-20(12-10-18)16(21)22-17(3,4)5/h6-8,19H,1,9-13H2,2-5H3/b14-7+,15-8+. The monoisotopic (exact) mass is 304 g/mol. The lowest BCUT2D eigenvalue weighted by Gasteiger charge is -2.39. The van der Waals surface area contributed by atoms with Gasteiger partial charge in [0.1, 0.15) is 5.60 Å². The fourth-order valence-electron chi connectivity index (χ4n) is 3.36. The molecular formula is C18H28N2O2. The zero-order valence-corrected chi connectivity index (χ0v) is 14.2. The first kappa shape index (κ1) is 16.7. The summed E-state index contributed by atoms with van der Waals surface area (Å²) in [5.74, 6) is 0.